The molecule has 2 aromatic carbocycles. The SMILES string of the molecule is Cc1cccc(Cn2c(N3CCN(C(=O)c4ccc(F)cc4)CC3)nc3c2c(=O)n(C)c(=O)n3C)c1. The van der Waals surface area contributed by atoms with Gasteiger partial charge in [-0.25, -0.2) is 9.18 Å². The first-order chi connectivity index (χ1) is 17.2. The number of benzene rings is 2. The van der Waals surface area contributed by atoms with E-state index >= 15 is 0 Å². The Morgan fingerprint density at radius 3 is 2.33 bits per heavy atom. The molecule has 0 radical (unpaired) electrons. The fraction of sp³-hybridized carbons (Fsp3) is 0.308. The van der Waals surface area contributed by atoms with E-state index in [1.165, 1.54) is 35.9 Å². The quantitative estimate of drug-likeness (QED) is 0.436. The highest BCUT2D eigenvalue weighted by Crippen LogP contribution is 2.23. The second-order valence-corrected chi connectivity index (χ2v) is 9.15. The maximum absolute atomic E-state index is 13.3. The van der Waals surface area contributed by atoms with Crippen molar-refractivity contribution in [2.75, 3.05) is 31.1 Å². The molecule has 36 heavy (non-hydrogen) atoms. The van der Waals surface area contributed by atoms with Crippen LogP contribution in [0.25, 0.3) is 11.2 Å². The van der Waals surface area contributed by atoms with Crippen LogP contribution in [0.2, 0.25) is 0 Å². The van der Waals surface area contributed by atoms with Crippen molar-refractivity contribution >= 4 is 23.0 Å². The van der Waals surface area contributed by atoms with Gasteiger partial charge in [0, 0.05) is 45.8 Å². The molecule has 0 aliphatic carbocycles. The van der Waals surface area contributed by atoms with E-state index in [0.717, 1.165) is 15.7 Å². The lowest BCUT2D eigenvalue weighted by atomic mass is 10.1. The summed E-state index contributed by atoms with van der Waals surface area (Å²) >= 11 is 0. The maximum atomic E-state index is 13.3. The zero-order valence-electron chi connectivity index (χ0n) is 20.4. The van der Waals surface area contributed by atoms with Crippen LogP contribution in [-0.2, 0) is 20.6 Å². The molecule has 0 unspecified atom stereocenters. The van der Waals surface area contributed by atoms with Crippen LogP contribution in [0.15, 0.2) is 58.1 Å². The van der Waals surface area contributed by atoms with Gasteiger partial charge in [0.1, 0.15) is 5.82 Å². The molecule has 1 aliphatic heterocycles. The number of anilines is 1. The zero-order valence-corrected chi connectivity index (χ0v) is 20.4. The predicted molar refractivity (Wildman–Crippen MR) is 135 cm³/mol. The van der Waals surface area contributed by atoms with E-state index in [-0.39, 0.29) is 11.7 Å². The van der Waals surface area contributed by atoms with Gasteiger partial charge in [-0.05, 0) is 36.8 Å². The monoisotopic (exact) mass is 490 g/mol. The minimum absolute atomic E-state index is 0.154. The van der Waals surface area contributed by atoms with Crippen LogP contribution in [0.3, 0.4) is 0 Å². The van der Waals surface area contributed by atoms with Gasteiger partial charge in [0.25, 0.3) is 11.5 Å². The van der Waals surface area contributed by atoms with Crippen molar-refractivity contribution in [1.29, 1.82) is 0 Å². The van der Waals surface area contributed by atoms with Crippen molar-refractivity contribution in [3.05, 3.63) is 91.9 Å². The minimum atomic E-state index is -0.436. The molecule has 1 fully saturated rings. The highest BCUT2D eigenvalue weighted by atomic mass is 19.1. The van der Waals surface area contributed by atoms with Gasteiger partial charge < -0.3 is 9.80 Å². The number of halogens is 1. The highest BCUT2D eigenvalue weighted by Gasteiger charge is 2.27. The molecule has 2 aromatic heterocycles. The predicted octanol–water partition coefficient (Wildman–Crippen LogP) is 1.89. The molecule has 186 valence electrons. The summed E-state index contributed by atoms with van der Waals surface area (Å²) in [7, 11) is 3.07. The van der Waals surface area contributed by atoms with Crippen molar-refractivity contribution in [1.82, 2.24) is 23.6 Å². The summed E-state index contributed by atoms with van der Waals surface area (Å²) in [6.45, 7) is 4.31. The van der Waals surface area contributed by atoms with E-state index in [4.69, 9.17) is 4.98 Å². The molecule has 1 saturated heterocycles. The number of carbonyl (C=O) groups excluding carboxylic acids is 1. The Morgan fingerprint density at radius 2 is 1.67 bits per heavy atom. The number of piperazine rings is 1. The molecule has 5 rings (SSSR count). The van der Waals surface area contributed by atoms with Gasteiger partial charge in [-0.1, -0.05) is 29.8 Å². The smallest absolute Gasteiger partial charge is 0.332 e. The average Bonchev–Trinajstić information content (AvgIpc) is 3.25. The van der Waals surface area contributed by atoms with Crippen LogP contribution in [0.5, 0.6) is 0 Å². The third-order valence-corrected chi connectivity index (χ3v) is 6.69. The number of amides is 1. The van der Waals surface area contributed by atoms with Crippen molar-refractivity contribution in [2.24, 2.45) is 14.1 Å². The number of fused-ring (bicyclic) bond motifs is 1. The highest BCUT2D eigenvalue weighted by molar-refractivity contribution is 5.94. The Bertz CT molecular complexity index is 1580. The summed E-state index contributed by atoms with van der Waals surface area (Å²) in [5.74, 6) is 0.0438. The van der Waals surface area contributed by atoms with Gasteiger partial charge >= 0.3 is 5.69 Å². The largest absolute Gasteiger partial charge is 0.339 e. The van der Waals surface area contributed by atoms with Gasteiger partial charge in [-0.3, -0.25) is 23.3 Å². The van der Waals surface area contributed by atoms with Gasteiger partial charge in [0.05, 0.1) is 6.54 Å². The van der Waals surface area contributed by atoms with Crippen molar-refractivity contribution < 1.29 is 9.18 Å². The van der Waals surface area contributed by atoms with Crippen LogP contribution in [0.1, 0.15) is 21.5 Å². The first kappa shape index (κ1) is 23.5. The van der Waals surface area contributed by atoms with Crippen LogP contribution in [0.4, 0.5) is 10.3 Å². The maximum Gasteiger partial charge on any atom is 0.332 e. The number of hydrogen-bond acceptors (Lipinski definition) is 5. The van der Waals surface area contributed by atoms with E-state index < -0.39 is 11.2 Å². The lowest BCUT2D eigenvalue weighted by molar-refractivity contribution is 0.0746. The van der Waals surface area contributed by atoms with Crippen LogP contribution in [-0.4, -0.2) is 55.7 Å². The van der Waals surface area contributed by atoms with Gasteiger partial charge in [-0.15, -0.1) is 0 Å². The van der Waals surface area contributed by atoms with Crippen LogP contribution >= 0.6 is 0 Å². The second kappa shape index (κ2) is 9.10. The standard InChI is InChI=1S/C26H27FN6O3/c1-17-5-4-6-18(15-17)16-33-21-22(29(2)26(36)30(3)24(21)35)28-25(33)32-13-11-31(12-14-32)23(34)19-7-9-20(27)10-8-19/h4-10,15H,11-14,16H2,1-3H3. The van der Waals surface area contributed by atoms with E-state index in [1.807, 2.05) is 34.6 Å². The molecule has 10 heteroatoms. The zero-order chi connectivity index (χ0) is 25.6. The summed E-state index contributed by atoms with van der Waals surface area (Å²) in [5, 5.41) is 0. The third-order valence-electron chi connectivity index (χ3n) is 6.69. The van der Waals surface area contributed by atoms with Crippen molar-refractivity contribution in [3.63, 3.8) is 0 Å². The Kier molecular flexibility index (Phi) is 5.95. The molecule has 4 aromatic rings. The number of nitrogens with zero attached hydrogens (tertiary/aromatic N) is 6. The fourth-order valence-corrected chi connectivity index (χ4v) is 4.70. The molecule has 0 N–H and O–H groups in total. The number of aromatic nitrogens is 4. The first-order valence-electron chi connectivity index (χ1n) is 11.8. The number of rotatable bonds is 4. The lowest BCUT2D eigenvalue weighted by Crippen LogP contribution is -2.49. The number of imidazole rings is 1. The second-order valence-electron chi connectivity index (χ2n) is 9.15. The van der Waals surface area contributed by atoms with Gasteiger partial charge in [0.2, 0.25) is 5.95 Å². The molecule has 0 spiro atoms. The molecule has 3 heterocycles. The van der Waals surface area contributed by atoms with E-state index in [9.17, 15) is 18.8 Å². The van der Waals surface area contributed by atoms with Crippen molar-refractivity contribution in [2.45, 2.75) is 13.5 Å². The first-order valence-corrected chi connectivity index (χ1v) is 11.8. The van der Waals surface area contributed by atoms with Crippen molar-refractivity contribution in [3.8, 4) is 0 Å². The fourth-order valence-electron chi connectivity index (χ4n) is 4.70. The van der Waals surface area contributed by atoms with Gasteiger partial charge in [-0.2, -0.15) is 4.98 Å². The minimum Gasteiger partial charge on any atom is -0.339 e. The molecular weight excluding hydrogens is 463 g/mol. The third kappa shape index (κ3) is 4.08. The molecular formula is C26H27FN6O3. The molecule has 1 aliphatic rings. The lowest BCUT2D eigenvalue weighted by Gasteiger charge is -2.35. The molecule has 0 saturated carbocycles. The molecule has 0 atom stereocenters. The topological polar surface area (TPSA) is 85.4 Å². The molecule has 1 amide bonds. The Hall–Kier alpha value is -4.21. The van der Waals surface area contributed by atoms with E-state index in [1.54, 1.807) is 11.9 Å². The Labute approximate surface area is 206 Å². The number of aryl methyl sites for hydroxylation is 2. The summed E-state index contributed by atoms with van der Waals surface area (Å²) in [4.78, 5) is 47.2. The van der Waals surface area contributed by atoms with E-state index in [2.05, 4.69) is 6.07 Å². The van der Waals surface area contributed by atoms with Gasteiger partial charge in [0.15, 0.2) is 11.2 Å². The van der Waals surface area contributed by atoms with Crippen LogP contribution < -0.4 is 16.1 Å². The molecule has 0 bridgehead atoms. The van der Waals surface area contributed by atoms with E-state index in [0.29, 0.717) is 55.4 Å². The Balaban J connectivity index is 1.51. The summed E-state index contributed by atoms with van der Waals surface area (Å²) < 4.78 is 17.6. The number of hydrogen-bond donors (Lipinski definition) is 0. The number of carbonyl (C=O) groups is 1. The average molecular weight is 491 g/mol. The Morgan fingerprint density at radius 1 is 0.972 bits per heavy atom. The summed E-state index contributed by atoms with van der Waals surface area (Å²) in [5.41, 5.74) is 2.41. The summed E-state index contributed by atoms with van der Waals surface area (Å²) in [6.07, 6.45) is 0. The molecule has 9 nitrogen and oxygen atoms in total. The van der Waals surface area contributed by atoms with Crippen LogP contribution in [0, 0.1) is 12.7 Å². The normalized spacial score (nSPS) is 14.0. The summed E-state index contributed by atoms with van der Waals surface area (Å²) in [6, 6.07) is 13.6.